The van der Waals surface area contributed by atoms with E-state index in [-0.39, 0.29) is 6.29 Å². The largest absolute Gasteiger partial charge is 0.350 e. The van der Waals surface area contributed by atoms with Crippen molar-refractivity contribution in [2.75, 3.05) is 26.2 Å². The van der Waals surface area contributed by atoms with E-state index in [1.165, 1.54) is 51.6 Å². The van der Waals surface area contributed by atoms with E-state index in [2.05, 4.69) is 13.8 Å². The summed E-state index contributed by atoms with van der Waals surface area (Å²) in [4.78, 5) is 1.74. The van der Waals surface area contributed by atoms with Crippen molar-refractivity contribution in [1.82, 2.24) is 0 Å². The monoisotopic (exact) mass is 308 g/mol. The van der Waals surface area contributed by atoms with E-state index >= 15 is 0 Å². The van der Waals surface area contributed by atoms with E-state index in [1.807, 2.05) is 0 Å². The lowest BCUT2D eigenvalue weighted by molar-refractivity contribution is -0.907. The number of rotatable bonds is 4. The lowest BCUT2D eigenvalue weighted by atomic mass is 9.67. The summed E-state index contributed by atoms with van der Waals surface area (Å²) < 4.78 is 12.3. The van der Waals surface area contributed by atoms with E-state index < -0.39 is 0 Å². The van der Waals surface area contributed by atoms with Crippen molar-refractivity contribution < 1.29 is 14.4 Å². The van der Waals surface area contributed by atoms with Gasteiger partial charge in [0.25, 0.3) is 0 Å². The highest BCUT2D eigenvalue weighted by molar-refractivity contribution is 5.01. The Balaban J connectivity index is 1.28. The summed E-state index contributed by atoms with van der Waals surface area (Å²) in [5.41, 5.74) is 0.506. The molecule has 2 aliphatic heterocycles. The number of hydrogen-bond donors (Lipinski definition) is 1. The van der Waals surface area contributed by atoms with Gasteiger partial charge in [-0.2, -0.15) is 0 Å². The maximum Gasteiger partial charge on any atom is 0.158 e. The maximum atomic E-state index is 6.28. The third-order valence-corrected chi connectivity index (χ3v) is 7.39. The van der Waals surface area contributed by atoms with Crippen LogP contribution in [0.4, 0.5) is 0 Å². The van der Waals surface area contributed by atoms with E-state index in [1.54, 1.807) is 4.90 Å². The average Bonchev–Trinajstić information content (AvgIpc) is 3.19. The third kappa shape index (κ3) is 2.85. The molecule has 22 heavy (non-hydrogen) atoms. The Morgan fingerprint density at radius 1 is 1.09 bits per heavy atom. The molecule has 2 saturated carbocycles. The molecule has 0 radical (unpaired) electrons. The first kappa shape index (κ1) is 15.4. The van der Waals surface area contributed by atoms with Crippen molar-refractivity contribution in [2.24, 2.45) is 23.2 Å². The fourth-order valence-electron chi connectivity index (χ4n) is 5.99. The molecule has 5 atom stereocenters. The van der Waals surface area contributed by atoms with E-state index in [4.69, 9.17) is 9.47 Å². The minimum atomic E-state index is 0.0813. The molecular formula is C19H34NO2+. The Labute approximate surface area is 135 Å². The molecule has 2 saturated heterocycles. The number of quaternary nitrogens is 1. The zero-order valence-electron chi connectivity index (χ0n) is 14.5. The van der Waals surface area contributed by atoms with E-state index in [0.29, 0.717) is 11.5 Å². The van der Waals surface area contributed by atoms with Gasteiger partial charge in [0.05, 0.1) is 19.7 Å². The Morgan fingerprint density at radius 2 is 1.91 bits per heavy atom. The molecule has 2 aliphatic carbocycles. The third-order valence-electron chi connectivity index (χ3n) is 7.39. The highest BCUT2D eigenvalue weighted by Crippen LogP contribution is 2.60. The molecule has 1 N–H and O–H groups in total. The summed E-state index contributed by atoms with van der Waals surface area (Å²) in [5, 5.41) is 0. The number of nitrogens with one attached hydrogen (secondary N) is 1. The fourth-order valence-corrected chi connectivity index (χ4v) is 5.99. The summed E-state index contributed by atoms with van der Waals surface area (Å²) >= 11 is 0. The summed E-state index contributed by atoms with van der Waals surface area (Å²) in [6.07, 6.45) is 10.2. The van der Waals surface area contributed by atoms with Crippen LogP contribution < -0.4 is 4.90 Å². The Bertz CT molecular complexity index is 391. The van der Waals surface area contributed by atoms with Crippen LogP contribution in [0.25, 0.3) is 0 Å². The molecule has 0 aromatic carbocycles. The van der Waals surface area contributed by atoms with Gasteiger partial charge in [-0.3, -0.25) is 0 Å². The van der Waals surface area contributed by atoms with Gasteiger partial charge in [-0.05, 0) is 61.7 Å². The van der Waals surface area contributed by atoms with Crippen LogP contribution in [-0.2, 0) is 9.47 Å². The molecule has 4 aliphatic rings. The number of hydrogen-bond acceptors (Lipinski definition) is 2. The van der Waals surface area contributed by atoms with Gasteiger partial charge in [0.15, 0.2) is 6.29 Å². The average molecular weight is 308 g/mol. The first-order chi connectivity index (χ1) is 10.6. The molecular weight excluding hydrogens is 274 g/mol. The molecule has 3 nitrogen and oxygen atoms in total. The van der Waals surface area contributed by atoms with Gasteiger partial charge in [0, 0.05) is 6.42 Å². The smallest absolute Gasteiger partial charge is 0.158 e. The molecule has 2 bridgehead atoms. The summed E-state index contributed by atoms with van der Waals surface area (Å²) in [6, 6.07) is 0. The molecule has 0 aromatic heterocycles. The van der Waals surface area contributed by atoms with Gasteiger partial charge < -0.3 is 14.4 Å². The van der Waals surface area contributed by atoms with Crippen LogP contribution in [-0.4, -0.2) is 38.6 Å². The van der Waals surface area contributed by atoms with Gasteiger partial charge in [-0.25, -0.2) is 0 Å². The van der Waals surface area contributed by atoms with Crippen LogP contribution in [0, 0.1) is 23.2 Å². The summed E-state index contributed by atoms with van der Waals surface area (Å²) in [5.74, 6) is 2.72. The SMILES string of the molecule is CC1(C)[C@@H]2CC[C@H](C2)[C@H]1C[C@@H]1OC[C@H](C[NH+]2CCCCC2)O1. The minimum absolute atomic E-state index is 0.0813. The van der Waals surface area contributed by atoms with Crippen LogP contribution in [0.2, 0.25) is 0 Å². The van der Waals surface area contributed by atoms with Crippen molar-refractivity contribution in [3.05, 3.63) is 0 Å². The first-order valence-electron chi connectivity index (χ1n) is 9.73. The van der Waals surface area contributed by atoms with Gasteiger partial charge in [0.1, 0.15) is 12.6 Å². The van der Waals surface area contributed by atoms with Gasteiger partial charge in [-0.15, -0.1) is 0 Å². The van der Waals surface area contributed by atoms with Crippen LogP contribution >= 0.6 is 0 Å². The van der Waals surface area contributed by atoms with Crippen LogP contribution in [0.3, 0.4) is 0 Å². The van der Waals surface area contributed by atoms with Crippen molar-refractivity contribution in [3.8, 4) is 0 Å². The first-order valence-corrected chi connectivity index (χ1v) is 9.73. The van der Waals surface area contributed by atoms with E-state index in [9.17, 15) is 0 Å². The molecule has 126 valence electrons. The predicted molar refractivity (Wildman–Crippen MR) is 86.7 cm³/mol. The molecule has 4 fully saturated rings. The number of piperidine rings is 1. The van der Waals surface area contributed by atoms with Gasteiger partial charge in [-0.1, -0.05) is 13.8 Å². The highest BCUT2D eigenvalue weighted by Gasteiger charge is 2.53. The Kier molecular flexibility index (Phi) is 4.25. The lowest BCUT2D eigenvalue weighted by Crippen LogP contribution is -3.13. The maximum absolute atomic E-state index is 6.28. The molecule has 0 unspecified atom stereocenters. The predicted octanol–water partition coefficient (Wildman–Crippen LogP) is 2.26. The quantitative estimate of drug-likeness (QED) is 0.861. The standard InChI is InChI=1S/C19H33NO2/c1-19(2)15-7-6-14(10-15)17(19)11-18-21-13-16(22-18)12-20-8-4-3-5-9-20/h14-18H,3-13H2,1-2H3/p+1/t14-,15-,16+,17-,18-/m1/s1. The topological polar surface area (TPSA) is 22.9 Å². The molecule has 0 spiro atoms. The van der Waals surface area contributed by atoms with Crippen molar-refractivity contribution in [3.63, 3.8) is 0 Å². The van der Waals surface area contributed by atoms with Crippen molar-refractivity contribution in [1.29, 1.82) is 0 Å². The van der Waals surface area contributed by atoms with E-state index in [0.717, 1.165) is 37.3 Å². The number of ether oxygens (including phenoxy) is 2. The van der Waals surface area contributed by atoms with Crippen LogP contribution in [0.1, 0.15) is 58.8 Å². The second-order valence-corrected chi connectivity index (χ2v) is 8.97. The number of likely N-dealkylation sites (tertiary alicyclic amines) is 1. The minimum Gasteiger partial charge on any atom is -0.350 e. The van der Waals surface area contributed by atoms with Crippen LogP contribution in [0.5, 0.6) is 0 Å². The summed E-state index contributed by atoms with van der Waals surface area (Å²) in [7, 11) is 0. The van der Waals surface area contributed by atoms with Crippen LogP contribution in [0.15, 0.2) is 0 Å². The Morgan fingerprint density at radius 3 is 2.64 bits per heavy atom. The highest BCUT2D eigenvalue weighted by atomic mass is 16.7. The lowest BCUT2D eigenvalue weighted by Gasteiger charge is -2.39. The second kappa shape index (κ2) is 6.07. The van der Waals surface area contributed by atoms with Crippen molar-refractivity contribution >= 4 is 0 Å². The molecule has 2 heterocycles. The molecule has 0 amide bonds. The zero-order chi connectivity index (χ0) is 15.2. The Hall–Kier alpha value is -0.120. The fraction of sp³-hybridized carbons (Fsp3) is 1.00. The van der Waals surface area contributed by atoms with Gasteiger partial charge >= 0.3 is 0 Å². The molecule has 3 heteroatoms. The normalized spacial score (nSPS) is 44.7. The second-order valence-electron chi connectivity index (χ2n) is 8.97. The summed E-state index contributed by atoms with van der Waals surface area (Å²) in [6.45, 7) is 9.65. The van der Waals surface area contributed by atoms with Crippen molar-refractivity contribution in [2.45, 2.75) is 71.2 Å². The zero-order valence-corrected chi connectivity index (χ0v) is 14.5. The van der Waals surface area contributed by atoms with Gasteiger partial charge in [0.2, 0.25) is 0 Å². The number of fused-ring (bicyclic) bond motifs is 2. The molecule has 0 aromatic rings. The molecule has 4 rings (SSSR count).